The number of hydrogen-bond acceptors (Lipinski definition) is 18. The molecule has 3 amide bonds. The predicted octanol–water partition coefficient (Wildman–Crippen LogP) is -1.31. The number of nitrogens with zero attached hydrogens (tertiary/aromatic N) is 1. The lowest BCUT2D eigenvalue weighted by Gasteiger charge is -2.25. The summed E-state index contributed by atoms with van der Waals surface area (Å²) in [5.41, 5.74) is 9.62. The van der Waals surface area contributed by atoms with E-state index in [1.54, 1.807) is 6.92 Å². The van der Waals surface area contributed by atoms with Crippen LogP contribution in [0.5, 0.6) is 0 Å². The number of carboxylic acids is 1. The molecular formula is C35H58N4O16PS-. The van der Waals surface area contributed by atoms with E-state index in [9.17, 15) is 52.9 Å². The number of nitrogens with two attached hydrogens (primary N) is 1. The standard InChI is InChI=1S/C35H59N4O16PS/c1-3-31(43)52-21-25(55-32(44)4-2)22-54-56(49,50)53-18-10-13-33(45)51-17-8-7-15-38-29(41)12-9-16-39-30(42)20-28(34(39)46)57-23-24(35(47)48)19-27(40)26(37)11-5-6-14-36/h24-26,28H,3-23,36-37H2,1-2H3,(H,38,41)(H,47,48)(H,49,50)/p-1. The smallest absolute Gasteiger partial charge is 0.305 e. The number of nitrogens with one attached hydrogen (secondary N) is 1. The van der Waals surface area contributed by atoms with Crippen molar-refractivity contribution in [3.8, 4) is 0 Å². The number of likely N-dealkylation sites (tertiary alicyclic amines) is 1. The molecule has 57 heavy (non-hydrogen) atoms. The molecule has 0 aliphatic carbocycles. The van der Waals surface area contributed by atoms with E-state index in [0.717, 1.165) is 23.1 Å². The molecular weight excluding hydrogens is 795 g/mol. The summed E-state index contributed by atoms with van der Waals surface area (Å²) in [5, 5.41) is 13.6. The van der Waals surface area contributed by atoms with E-state index >= 15 is 0 Å². The number of carboxylic acid groups (broad SMARTS) is 1. The molecule has 0 aromatic heterocycles. The highest BCUT2D eigenvalue weighted by molar-refractivity contribution is 8.00. The van der Waals surface area contributed by atoms with E-state index in [2.05, 4.69) is 11.1 Å². The molecule has 22 heteroatoms. The average Bonchev–Trinajstić information content (AvgIpc) is 3.44. The third kappa shape index (κ3) is 22.9. The molecule has 1 rings (SSSR count). The van der Waals surface area contributed by atoms with Gasteiger partial charge >= 0.3 is 17.9 Å². The van der Waals surface area contributed by atoms with E-state index in [4.69, 9.17) is 29.0 Å². The van der Waals surface area contributed by atoms with Gasteiger partial charge in [0.25, 0.3) is 7.82 Å². The van der Waals surface area contributed by atoms with Crippen LogP contribution in [0.2, 0.25) is 0 Å². The summed E-state index contributed by atoms with van der Waals surface area (Å²) in [4.78, 5) is 110. The largest absolute Gasteiger partial charge is 0.756 e. The van der Waals surface area contributed by atoms with Gasteiger partial charge in [-0.05, 0) is 44.9 Å². The van der Waals surface area contributed by atoms with Crippen LogP contribution in [0.15, 0.2) is 0 Å². The zero-order chi connectivity index (χ0) is 42.8. The second kappa shape index (κ2) is 28.9. The van der Waals surface area contributed by atoms with Gasteiger partial charge in [0, 0.05) is 69.3 Å². The van der Waals surface area contributed by atoms with Gasteiger partial charge in [-0.25, -0.2) is 0 Å². The number of carbonyl (C=O) groups is 8. The maximum atomic E-state index is 12.8. The van der Waals surface area contributed by atoms with Crippen LogP contribution in [0, 0.1) is 5.92 Å². The molecule has 20 nitrogen and oxygen atoms in total. The van der Waals surface area contributed by atoms with Gasteiger partial charge in [-0.1, -0.05) is 13.8 Å². The summed E-state index contributed by atoms with van der Waals surface area (Å²) in [7, 11) is -4.83. The molecule has 1 heterocycles. The Bertz CT molecular complexity index is 1390. The molecule has 0 saturated carbocycles. The highest BCUT2D eigenvalue weighted by atomic mass is 32.2. The van der Waals surface area contributed by atoms with Gasteiger partial charge in [-0.15, -0.1) is 11.8 Å². The van der Waals surface area contributed by atoms with E-state index < -0.39 is 85.8 Å². The number of phosphoric acid groups is 1. The Hall–Kier alpha value is -3.46. The fourth-order valence-corrected chi connectivity index (χ4v) is 7.06. The van der Waals surface area contributed by atoms with E-state index in [1.165, 1.54) is 6.92 Å². The van der Waals surface area contributed by atoms with Crippen molar-refractivity contribution in [2.45, 2.75) is 115 Å². The number of amides is 3. The SMILES string of the molecule is CCC(=O)OCC(COP(=O)([O-])OCCCC(=O)OCCCCNC(=O)CCCN1C(=O)CC(SCC(CC(=O)C(N)CCCC[NH3+])C(=O)[O-])C1=O)OC(=O)CC. The highest BCUT2D eigenvalue weighted by Gasteiger charge is 2.39. The van der Waals surface area contributed by atoms with Crippen LogP contribution in [-0.2, 0) is 66.2 Å². The maximum absolute atomic E-state index is 12.8. The number of aliphatic carboxylic acids is 1. The van der Waals surface area contributed by atoms with Crippen LogP contribution in [-0.4, -0.2) is 121 Å². The summed E-state index contributed by atoms with van der Waals surface area (Å²) in [6, 6.07) is -0.790. The first kappa shape index (κ1) is 51.6. The van der Waals surface area contributed by atoms with Gasteiger partial charge in [0.1, 0.15) is 12.4 Å². The molecule has 1 aliphatic rings. The zero-order valence-corrected chi connectivity index (χ0v) is 34.5. The number of quaternary nitrogens is 1. The van der Waals surface area contributed by atoms with E-state index in [1.807, 2.05) is 0 Å². The first-order valence-corrected chi connectivity index (χ1v) is 21.7. The summed E-state index contributed by atoms with van der Waals surface area (Å²) < 4.78 is 36.5. The second-order valence-corrected chi connectivity index (χ2v) is 15.8. The predicted molar refractivity (Wildman–Crippen MR) is 198 cm³/mol. The number of Topliss-reactive ketones (excluding diaryl/α,β-unsaturated/α-hetero) is 1. The molecule has 0 spiro atoms. The van der Waals surface area contributed by atoms with Crippen molar-refractivity contribution in [3.05, 3.63) is 0 Å². The summed E-state index contributed by atoms with van der Waals surface area (Å²) in [6.07, 6.45) is 1.42. The first-order valence-electron chi connectivity index (χ1n) is 19.1. The van der Waals surface area contributed by atoms with Crippen LogP contribution in [0.25, 0.3) is 0 Å². The number of hydrogen-bond donors (Lipinski definition) is 3. The Morgan fingerprint density at radius 2 is 1.65 bits per heavy atom. The first-order chi connectivity index (χ1) is 27.0. The van der Waals surface area contributed by atoms with Gasteiger partial charge < -0.3 is 54.8 Å². The van der Waals surface area contributed by atoms with Crippen molar-refractivity contribution in [2.75, 3.05) is 51.8 Å². The third-order valence-corrected chi connectivity index (χ3v) is 10.7. The van der Waals surface area contributed by atoms with Gasteiger partial charge in [0.05, 0.1) is 37.7 Å². The van der Waals surface area contributed by atoms with Gasteiger partial charge in [0.15, 0.2) is 6.10 Å². The Labute approximate surface area is 336 Å². The van der Waals surface area contributed by atoms with Crippen LogP contribution in [0.4, 0.5) is 0 Å². The Morgan fingerprint density at radius 3 is 2.32 bits per heavy atom. The molecule has 326 valence electrons. The molecule has 1 aliphatic heterocycles. The van der Waals surface area contributed by atoms with Crippen molar-refractivity contribution < 1.29 is 81.9 Å². The monoisotopic (exact) mass is 853 g/mol. The molecule has 0 radical (unpaired) electrons. The summed E-state index contributed by atoms with van der Waals surface area (Å²) in [5.74, 6) is -6.11. The number of carbonyl (C=O) groups excluding carboxylic acids is 8. The van der Waals surface area contributed by atoms with Gasteiger partial charge in [-0.3, -0.25) is 43.0 Å². The number of ketones is 1. The number of imide groups is 1. The number of unbranched alkanes of at least 4 members (excludes halogenated alkanes) is 2. The fraction of sp³-hybridized carbons (Fsp3) is 0.771. The van der Waals surface area contributed by atoms with Crippen molar-refractivity contribution in [2.24, 2.45) is 11.7 Å². The Kier molecular flexibility index (Phi) is 26.1. The van der Waals surface area contributed by atoms with Gasteiger partial charge in [0.2, 0.25) is 17.7 Å². The number of rotatable bonds is 33. The van der Waals surface area contributed by atoms with Crippen LogP contribution >= 0.6 is 19.6 Å². The summed E-state index contributed by atoms with van der Waals surface area (Å²) in [6.45, 7) is 2.74. The minimum Gasteiger partial charge on any atom is -0.756 e. The molecule has 6 N–H and O–H groups in total. The lowest BCUT2D eigenvalue weighted by atomic mass is 9.97. The number of esters is 3. The van der Waals surface area contributed by atoms with E-state index in [-0.39, 0.29) is 89.3 Å². The Balaban J connectivity index is 2.24. The van der Waals surface area contributed by atoms with Crippen LogP contribution in [0.3, 0.4) is 0 Å². The lowest BCUT2D eigenvalue weighted by Crippen LogP contribution is -2.50. The molecule has 0 aromatic rings. The average molecular weight is 854 g/mol. The second-order valence-electron chi connectivity index (χ2n) is 13.1. The minimum atomic E-state index is -4.83. The van der Waals surface area contributed by atoms with Crippen molar-refractivity contribution in [1.82, 2.24) is 10.2 Å². The fourth-order valence-electron chi connectivity index (χ4n) is 5.03. The van der Waals surface area contributed by atoms with Gasteiger partial charge in [-0.2, -0.15) is 0 Å². The number of phosphoric ester groups is 1. The number of ether oxygens (including phenoxy) is 3. The third-order valence-electron chi connectivity index (χ3n) is 8.35. The quantitative estimate of drug-likeness (QED) is 0.0227. The van der Waals surface area contributed by atoms with Crippen molar-refractivity contribution in [3.63, 3.8) is 0 Å². The zero-order valence-electron chi connectivity index (χ0n) is 32.8. The van der Waals surface area contributed by atoms with Crippen molar-refractivity contribution >= 4 is 67.0 Å². The maximum Gasteiger partial charge on any atom is 0.305 e. The van der Waals surface area contributed by atoms with E-state index in [0.29, 0.717) is 32.2 Å². The Morgan fingerprint density at radius 1 is 0.930 bits per heavy atom. The molecule has 5 atom stereocenters. The lowest BCUT2D eigenvalue weighted by molar-refractivity contribution is -0.368. The van der Waals surface area contributed by atoms with Crippen molar-refractivity contribution in [1.29, 1.82) is 0 Å². The van der Waals surface area contributed by atoms with Crippen LogP contribution < -0.4 is 26.8 Å². The molecule has 5 unspecified atom stereocenters. The molecule has 1 saturated heterocycles. The van der Waals surface area contributed by atoms with Crippen LogP contribution in [0.1, 0.15) is 97.3 Å². The molecule has 0 aromatic carbocycles. The highest BCUT2D eigenvalue weighted by Crippen LogP contribution is 2.38. The number of thioether (sulfide) groups is 1. The normalized spacial score (nSPS) is 16.6. The topological polar surface area (TPSA) is 315 Å². The molecule has 1 fully saturated rings. The minimum absolute atomic E-state index is 0.000461. The molecule has 0 bridgehead atoms. The summed E-state index contributed by atoms with van der Waals surface area (Å²) >= 11 is 0.983.